The van der Waals surface area contributed by atoms with Gasteiger partial charge in [0.15, 0.2) is 5.54 Å². The minimum atomic E-state index is -1.39. The van der Waals surface area contributed by atoms with E-state index in [1.165, 1.54) is 6.92 Å². The van der Waals surface area contributed by atoms with Gasteiger partial charge in [-0.1, -0.05) is 30.3 Å². The van der Waals surface area contributed by atoms with Crippen molar-refractivity contribution < 1.29 is 14.7 Å². The summed E-state index contributed by atoms with van der Waals surface area (Å²) < 4.78 is 0. The fourth-order valence-corrected chi connectivity index (χ4v) is 2.25. The highest BCUT2D eigenvalue weighted by atomic mass is 16.4. The van der Waals surface area contributed by atoms with Crippen LogP contribution in [0.3, 0.4) is 0 Å². The van der Waals surface area contributed by atoms with Crippen molar-refractivity contribution in [1.82, 2.24) is 10.6 Å². The topological polar surface area (TPSA) is 78.4 Å². The van der Waals surface area contributed by atoms with Crippen molar-refractivity contribution in [3.8, 4) is 0 Å². The second-order valence-corrected chi connectivity index (χ2v) is 4.98. The highest BCUT2D eigenvalue weighted by Crippen LogP contribution is 2.22. The van der Waals surface area contributed by atoms with Gasteiger partial charge < -0.3 is 15.7 Å². The first-order valence-corrected chi connectivity index (χ1v) is 6.35. The number of benzene rings is 1. The Morgan fingerprint density at radius 3 is 2.58 bits per heavy atom. The van der Waals surface area contributed by atoms with Crippen molar-refractivity contribution in [2.45, 2.75) is 18.9 Å². The Morgan fingerprint density at radius 2 is 2.05 bits per heavy atom. The van der Waals surface area contributed by atoms with Gasteiger partial charge in [0.25, 0.3) is 0 Å². The highest BCUT2D eigenvalue weighted by molar-refractivity contribution is 5.89. The van der Waals surface area contributed by atoms with Crippen LogP contribution < -0.4 is 10.6 Å². The Morgan fingerprint density at radius 1 is 1.37 bits per heavy atom. The highest BCUT2D eigenvalue weighted by Gasteiger charge is 2.38. The molecule has 0 radical (unpaired) electrons. The molecular formula is C14H18N2O3. The number of hydrogen-bond donors (Lipinski definition) is 3. The van der Waals surface area contributed by atoms with Crippen molar-refractivity contribution >= 4 is 11.9 Å². The number of carbonyl (C=O) groups excluding carboxylic acids is 1. The van der Waals surface area contributed by atoms with Crippen LogP contribution in [0.2, 0.25) is 0 Å². The van der Waals surface area contributed by atoms with Gasteiger partial charge in [0.1, 0.15) is 0 Å². The number of carboxylic acids is 1. The van der Waals surface area contributed by atoms with E-state index in [9.17, 15) is 14.7 Å². The van der Waals surface area contributed by atoms with E-state index < -0.39 is 11.5 Å². The first-order chi connectivity index (χ1) is 9.04. The molecule has 5 heteroatoms. The fraction of sp³-hybridized carbons (Fsp3) is 0.429. The molecule has 1 aliphatic rings. The van der Waals surface area contributed by atoms with Crippen LogP contribution in [0.4, 0.5) is 0 Å². The molecular weight excluding hydrogens is 244 g/mol. The number of rotatable bonds is 4. The number of amides is 1. The lowest BCUT2D eigenvalue weighted by Gasteiger charge is -2.28. The van der Waals surface area contributed by atoms with E-state index in [1.54, 1.807) is 24.3 Å². The zero-order valence-electron chi connectivity index (χ0n) is 10.8. The molecule has 0 saturated carbocycles. The molecule has 2 rings (SSSR count). The predicted octanol–water partition coefficient (Wildman–Crippen LogP) is 0.712. The molecule has 102 valence electrons. The van der Waals surface area contributed by atoms with Gasteiger partial charge in [0, 0.05) is 6.54 Å². The molecule has 1 amide bonds. The van der Waals surface area contributed by atoms with Gasteiger partial charge in [-0.3, -0.25) is 4.79 Å². The number of carboxylic acid groups (broad SMARTS) is 1. The SMILES string of the molecule is CC(NC(=O)C1CCNC1)(C(=O)O)c1ccccc1. The molecule has 1 aliphatic heterocycles. The maximum Gasteiger partial charge on any atom is 0.333 e. The van der Waals surface area contributed by atoms with E-state index in [2.05, 4.69) is 10.6 Å². The number of aliphatic carboxylic acids is 1. The van der Waals surface area contributed by atoms with E-state index in [0.29, 0.717) is 12.1 Å². The fourth-order valence-electron chi connectivity index (χ4n) is 2.25. The lowest BCUT2D eigenvalue weighted by molar-refractivity contribution is -0.148. The Bertz CT molecular complexity index is 469. The van der Waals surface area contributed by atoms with Gasteiger partial charge in [-0.2, -0.15) is 0 Å². The minimum absolute atomic E-state index is 0.151. The van der Waals surface area contributed by atoms with Crippen molar-refractivity contribution in [3.05, 3.63) is 35.9 Å². The molecule has 1 heterocycles. The minimum Gasteiger partial charge on any atom is -0.479 e. The van der Waals surface area contributed by atoms with Gasteiger partial charge in [-0.25, -0.2) is 4.79 Å². The van der Waals surface area contributed by atoms with Crippen LogP contribution in [0.5, 0.6) is 0 Å². The molecule has 19 heavy (non-hydrogen) atoms. The largest absolute Gasteiger partial charge is 0.479 e. The third-order valence-electron chi connectivity index (χ3n) is 3.58. The molecule has 2 atom stereocenters. The van der Waals surface area contributed by atoms with Crippen LogP contribution in [0, 0.1) is 5.92 Å². The number of nitrogens with one attached hydrogen (secondary N) is 2. The molecule has 1 fully saturated rings. The van der Waals surface area contributed by atoms with Gasteiger partial charge in [-0.15, -0.1) is 0 Å². The lowest BCUT2D eigenvalue weighted by atomic mass is 9.91. The standard InChI is InChI=1S/C14H18N2O3/c1-14(13(18)19,11-5-3-2-4-6-11)16-12(17)10-7-8-15-9-10/h2-6,10,15H,7-9H2,1H3,(H,16,17)(H,18,19). The summed E-state index contributed by atoms with van der Waals surface area (Å²) >= 11 is 0. The average molecular weight is 262 g/mol. The van der Waals surface area contributed by atoms with E-state index in [0.717, 1.165) is 13.0 Å². The van der Waals surface area contributed by atoms with Crippen LogP contribution in [-0.4, -0.2) is 30.1 Å². The van der Waals surface area contributed by atoms with Crippen molar-refractivity contribution in [2.24, 2.45) is 5.92 Å². The first-order valence-electron chi connectivity index (χ1n) is 6.35. The lowest BCUT2D eigenvalue weighted by Crippen LogP contribution is -2.51. The van der Waals surface area contributed by atoms with Crippen molar-refractivity contribution in [1.29, 1.82) is 0 Å². The van der Waals surface area contributed by atoms with Gasteiger partial charge in [0.2, 0.25) is 5.91 Å². The molecule has 1 aromatic rings. The average Bonchev–Trinajstić information content (AvgIpc) is 2.93. The Hall–Kier alpha value is -1.88. The third kappa shape index (κ3) is 2.76. The Kier molecular flexibility index (Phi) is 3.85. The van der Waals surface area contributed by atoms with Crippen LogP contribution in [0.15, 0.2) is 30.3 Å². The van der Waals surface area contributed by atoms with Gasteiger partial charge in [-0.05, 0) is 25.5 Å². The Balaban J connectivity index is 2.20. The second kappa shape index (κ2) is 5.40. The maximum atomic E-state index is 12.1. The molecule has 2 unspecified atom stereocenters. The summed E-state index contributed by atoms with van der Waals surface area (Å²) in [7, 11) is 0. The van der Waals surface area contributed by atoms with Gasteiger partial charge >= 0.3 is 5.97 Å². The quantitative estimate of drug-likeness (QED) is 0.747. The van der Waals surface area contributed by atoms with Crippen molar-refractivity contribution in [3.63, 3.8) is 0 Å². The van der Waals surface area contributed by atoms with E-state index in [1.807, 2.05) is 6.07 Å². The normalized spacial score (nSPS) is 21.6. The van der Waals surface area contributed by atoms with Gasteiger partial charge in [0.05, 0.1) is 5.92 Å². The molecule has 3 N–H and O–H groups in total. The summed E-state index contributed by atoms with van der Waals surface area (Å²) in [6.07, 6.45) is 0.746. The summed E-state index contributed by atoms with van der Waals surface area (Å²) in [5.74, 6) is -1.42. The molecule has 0 spiro atoms. The van der Waals surface area contributed by atoms with Crippen LogP contribution in [0.25, 0.3) is 0 Å². The molecule has 1 aromatic carbocycles. The molecule has 0 aromatic heterocycles. The first kappa shape index (κ1) is 13.5. The summed E-state index contributed by atoms with van der Waals surface area (Å²) in [5.41, 5.74) is -0.817. The summed E-state index contributed by atoms with van der Waals surface area (Å²) in [6, 6.07) is 8.76. The monoisotopic (exact) mass is 262 g/mol. The molecule has 0 bridgehead atoms. The van der Waals surface area contributed by atoms with E-state index >= 15 is 0 Å². The third-order valence-corrected chi connectivity index (χ3v) is 3.58. The summed E-state index contributed by atoms with van der Waals surface area (Å²) in [5, 5.41) is 15.2. The van der Waals surface area contributed by atoms with Crippen molar-refractivity contribution in [2.75, 3.05) is 13.1 Å². The zero-order chi connectivity index (χ0) is 13.9. The molecule has 0 aliphatic carbocycles. The van der Waals surface area contributed by atoms with Crippen LogP contribution in [-0.2, 0) is 15.1 Å². The maximum absolute atomic E-state index is 12.1. The number of hydrogen-bond acceptors (Lipinski definition) is 3. The molecule has 1 saturated heterocycles. The summed E-state index contributed by atoms with van der Waals surface area (Å²) in [6.45, 7) is 2.93. The van der Waals surface area contributed by atoms with Crippen LogP contribution in [0.1, 0.15) is 18.9 Å². The van der Waals surface area contributed by atoms with Crippen LogP contribution >= 0.6 is 0 Å². The van der Waals surface area contributed by atoms with E-state index in [4.69, 9.17) is 0 Å². The van der Waals surface area contributed by atoms with E-state index in [-0.39, 0.29) is 11.8 Å². The smallest absolute Gasteiger partial charge is 0.333 e. The predicted molar refractivity (Wildman–Crippen MR) is 70.5 cm³/mol. The zero-order valence-corrected chi connectivity index (χ0v) is 10.8. The Labute approximate surface area is 112 Å². The molecule has 5 nitrogen and oxygen atoms in total. The number of carbonyl (C=O) groups is 2. The second-order valence-electron chi connectivity index (χ2n) is 4.98. The summed E-state index contributed by atoms with van der Waals surface area (Å²) in [4.78, 5) is 23.7.